The largest absolute Gasteiger partial charge is 0.494 e. The van der Waals surface area contributed by atoms with Crippen LogP contribution in [0.15, 0.2) is 53.4 Å². The van der Waals surface area contributed by atoms with Gasteiger partial charge in [-0.25, -0.2) is 13.1 Å². The van der Waals surface area contributed by atoms with Crippen molar-refractivity contribution < 1.29 is 17.9 Å². The summed E-state index contributed by atoms with van der Waals surface area (Å²) in [5.74, 6) is 0.681. The first-order valence-corrected chi connectivity index (χ1v) is 10.7. The lowest BCUT2D eigenvalue weighted by Gasteiger charge is -2.15. The highest BCUT2D eigenvalue weighted by Gasteiger charge is 2.25. The predicted octanol–water partition coefficient (Wildman–Crippen LogP) is 2.99. The smallest absolute Gasteiger partial charge is 0.251 e. The van der Waals surface area contributed by atoms with Gasteiger partial charge in [-0.3, -0.25) is 4.79 Å². The molecule has 0 atom stereocenters. The first-order valence-electron chi connectivity index (χ1n) is 9.23. The highest BCUT2D eigenvalue weighted by molar-refractivity contribution is 7.89. The zero-order valence-electron chi connectivity index (χ0n) is 16.0. The molecule has 0 radical (unpaired) electrons. The minimum atomic E-state index is -3.49. The van der Waals surface area contributed by atoms with Gasteiger partial charge >= 0.3 is 0 Å². The van der Waals surface area contributed by atoms with Crippen LogP contribution in [0.2, 0.25) is 0 Å². The Morgan fingerprint density at radius 3 is 2.64 bits per heavy atom. The summed E-state index contributed by atoms with van der Waals surface area (Å²) in [5.41, 5.74) is 2.52. The lowest BCUT2D eigenvalue weighted by atomic mass is 10.2. The van der Waals surface area contributed by atoms with Crippen LogP contribution >= 0.6 is 0 Å². The molecule has 2 aromatic carbocycles. The summed E-state index contributed by atoms with van der Waals surface area (Å²) in [5, 5.41) is 0. The fourth-order valence-electron chi connectivity index (χ4n) is 3.04. The van der Waals surface area contributed by atoms with Crippen molar-refractivity contribution in [2.75, 3.05) is 25.1 Å². The molecule has 3 rings (SSSR count). The Kier molecular flexibility index (Phi) is 6.16. The molecule has 28 heavy (non-hydrogen) atoms. The SMILES string of the molecule is CCCOc1ccc(/C=C/C(=O)N2CCc3cc(S(=O)(=O)NC)ccc32)cc1. The maximum Gasteiger partial charge on any atom is 0.251 e. The number of ether oxygens (including phenoxy) is 1. The van der Waals surface area contributed by atoms with Gasteiger partial charge in [-0.1, -0.05) is 19.1 Å². The summed E-state index contributed by atoms with van der Waals surface area (Å²) >= 11 is 0. The van der Waals surface area contributed by atoms with Crippen molar-refractivity contribution >= 4 is 27.7 Å². The zero-order chi connectivity index (χ0) is 20.1. The molecule has 148 valence electrons. The van der Waals surface area contributed by atoms with Crippen LogP contribution in [0.25, 0.3) is 6.08 Å². The zero-order valence-corrected chi connectivity index (χ0v) is 16.8. The Morgan fingerprint density at radius 1 is 1.21 bits per heavy atom. The Balaban J connectivity index is 1.71. The number of amides is 1. The molecule has 1 heterocycles. The third kappa shape index (κ3) is 4.43. The molecule has 0 aromatic heterocycles. The number of fused-ring (bicyclic) bond motifs is 1. The second-order valence-electron chi connectivity index (χ2n) is 6.49. The molecule has 0 fully saturated rings. The van der Waals surface area contributed by atoms with E-state index in [1.165, 1.54) is 19.2 Å². The molecular weight excluding hydrogens is 376 g/mol. The molecule has 1 aliphatic rings. The monoisotopic (exact) mass is 400 g/mol. The number of hydrogen-bond acceptors (Lipinski definition) is 4. The van der Waals surface area contributed by atoms with Crippen LogP contribution in [-0.2, 0) is 21.2 Å². The summed E-state index contributed by atoms with van der Waals surface area (Å²) in [6, 6.07) is 12.4. The van der Waals surface area contributed by atoms with Gasteiger partial charge in [-0.05, 0) is 67.4 Å². The summed E-state index contributed by atoms with van der Waals surface area (Å²) in [6.45, 7) is 3.27. The maximum absolute atomic E-state index is 12.6. The average Bonchev–Trinajstić information content (AvgIpc) is 3.14. The molecule has 0 aliphatic carbocycles. The molecule has 1 N–H and O–H groups in total. The Labute approximate surface area is 165 Å². The lowest BCUT2D eigenvalue weighted by molar-refractivity contribution is -0.114. The Morgan fingerprint density at radius 2 is 1.96 bits per heavy atom. The van der Waals surface area contributed by atoms with Crippen molar-refractivity contribution in [3.8, 4) is 5.75 Å². The highest BCUT2D eigenvalue weighted by atomic mass is 32.2. The molecule has 2 aromatic rings. The van der Waals surface area contributed by atoms with E-state index in [4.69, 9.17) is 4.74 Å². The molecule has 0 spiro atoms. The van der Waals surface area contributed by atoms with Crippen LogP contribution in [0.3, 0.4) is 0 Å². The topological polar surface area (TPSA) is 75.7 Å². The number of benzene rings is 2. The number of sulfonamides is 1. The highest BCUT2D eigenvalue weighted by Crippen LogP contribution is 2.30. The van der Waals surface area contributed by atoms with Crippen molar-refractivity contribution in [3.05, 3.63) is 59.7 Å². The van der Waals surface area contributed by atoms with Crippen molar-refractivity contribution in [2.24, 2.45) is 0 Å². The minimum Gasteiger partial charge on any atom is -0.494 e. The van der Waals surface area contributed by atoms with Crippen molar-refractivity contribution in [1.82, 2.24) is 4.72 Å². The lowest BCUT2D eigenvalue weighted by Crippen LogP contribution is -2.26. The van der Waals surface area contributed by atoms with Crippen molar-refractivity contribution in [2.45, 2.75) is 24.7 Å². The van der Waals surface area contributed by atoms with Crippen LogP contribution in [0.5, 0.6) is 5.75 Å². The van der Waals surface area contributed by atoms with Gasteiger partial charge in [0.25, 0.3) is 5.91 Å². The fourth-order valence-corrected chi connectivity index (χ4v) is 3.82. The van der Waals surface area contributed by atoms with Gasteiger partial charge in [0.15, 0.2) is 0 Å². The molecule has 7 heteroatoms. The van der Waals surface area contributed by atoms with E-state index in [1.54, 1.807) is 23.1 Å². The van der Waals surface area contributed by atoms with Gasteiger partial charge in [0.05, 0.1) is 11.5 Å². The Hall–Kier alpha value is -2.64. The second-order valence-corrected chi connectivity index (χ2v) is 8.38. The third-order valence-corrected chi connectivity index (χ3v) is 5.97. The number of nitrogens with one attached hydrogen (secondary N) is 1. The van der Waals surface area contributed by atoms with Gasteiger partial charge in [0.2, 0.25) is 10.0 Å². The third-order valence-electron chi connectivity index (χ3n) is 4.56. The van der Waals surface area contributed by atoms with E-state index in [0.29, 0.717) is 19.6 Å². The number of carbonyl (C=O) groups excluding carboxylic acids is 1. The molecule has 0 bridgehead atoms. The first-order chi connectivity index (χ1) is 13.4. The quantitative estimate of drug-likeness (QED) is 0.725. The van der Waals surface area contributed by atoms with Crippen LogP contribution in [0.1, 0.15) is 24.5 Å². The standard InChI is InChI=1S/C21H24N2O4S/c1-3-14-27-18-7-4-16(5-8-18)6-11-21(24)23-13-12-17-15-19(9-10-20(17)23)28(25,26)22-2/h4-11,15,22H,3,12-14H2,1-2H3/b11-6+. The normalized spacial score (nSPS) is 13.7. The summed E-state index contributed by atoms with van der Waals surface area (Å²) in [7, 11) is -2.11. The van der Waals surface area contributed by atoms with Gasteiger partial charge in [-0.2, -0.15) is 0 Å². The van der Waals surface area contributed by atoms with Crippen molar-refractivity contribution in [1.29, 1.82) is 0 Å². The predicted molar refractivity (Wildman–Crippen MR) is 110 cm³/mol. The van der Waals surface area contributed by atoms with E-state index >= 15 is 0 Å². The minimum absolute atomic E-state index is 0.130. The summed E-state index contributed by atoms with van der Waals surface area (Å²) in [6.07, 6.45) is 4.89. The van der Waals surface area contributed by atoms with Gasteiger partial charge in [-0.15, -0.1) is 0 Å². The molecular formula is C21H24N2O4S. The van der Waals surface area contributed by atoms with Crippen LogP contribution in [0, 0.1) is 0 Å². The van der Waals surface area contributed by atoms with Gasteiger partial charge in [0, 0.05) is 18.3 Å². The molecule has 0 saturated carbocycles. The van der Waals surface area contributed by atoms with Crippen molar-refractivity contribution in [3.63, 3.8) is 0 Å². The number of anilines is 1. The molecule has 0 saturated heterocycles. The molecule has 1 amide bonds. The van der Waals surface area contributed by atoms with Crippen LogP contribution in [-0.4, -0.2) is 34.5 Å². The number of carbonyl (C=O) groups is 1. The van der Waals surface area contributed by atoms with E-state index in [2.05, 4.69) is 11.6 Å². The number of hydrogen-bond donors (Lipinski definition) is 1. The fraction of sp³-hybridized carbons (Fsp3) is 0.286. The van der Waals surface area contributed by atoms with Gasteiger partial charge < -0.3 is 9.64 Å². The Bertz CT molecular complexity index is 982. The molecule has 0 unspecified atom stereocenters. The van der Waals surface area contributed by atoms with Gasteiger partial charge in [0.1, 0.15) is 5.75 Å². The van der Waals surface area contributed by atoms with E-state index < -0.39 is 10.0 Å². The number of rotatable bonds is 7. The van der Waals surface area contributed by atoms with E-state index in [0.717, 1.165) is 29.0 Å². The second kappa shape index (κ2) is 8.58. The molecule has 6 nitrogen and oxygen atoms in total. The average molecular weight is 401 g/mol. The van der Waals surface area contributed by atoms with E-state index in [-0.39, 0.29) is 10.8 Å². The summed E-state index contributed by atoms with van der Waals surface area (Å²) in [4.78, 5) is 14.5. The van der Waals surface area contributed by atoms with Crippen LogP contribution in [0.4, 0.5) is 5.69 Å². The van der Waals surface area contributed by atoms with Crippen LogP contribution < -0.4 is 14.4 Å². The van der Waals surface area contributed by atoms with E-state index in [1.807, 2.05) is 24.3 Å². The maximum atomic E-state index is 12.6. The van der Waals surface area contributed by atoms with E-state index in [9.17, 15) is 13.2 Å². The summed E-state index contributed by atoms with van der Waals surface area (Å²) < 4.78 is 31.8. The number of nitrogens with zero attached hydrogens (tertiary/aromatic N) is 1. The molecule has 1 aliphatic heterocycles. The first kappa shape index (κ1) is 20.1.